The second kappa shape index (κ2) is 8.66. The van der Waals surface area contributed by atoms with Crippen molar-refractivity contribution in [1.82, 2.24) is 0 Å². The molecule has 2 rings (SSSR count). The summed E-state index contributed by atoms with van der Waals surface area (Å²) < 4.78 is 10.2. The lowest BCUT2D eigenvalue weighted by atomic mass is 10.2. The van der Waals surface area contributed by atoms with Crippen LogP contribution in [-0.4, -0.2) is 31.0 Å². The maximum atomic E-state index is 12.2. The normalized spacial score (nSPS) is 11.2. The van der Waals surface area contributed by atoms with E-state index in [0.717, 1.165) is 0 Å². The summed E-state index contributed by atoms with van der Waals surface area (Å²) in [6.07, 6.45) is -0.992. The largest absolute Gasteiger partial charge is 0.497 e. The van der Waals surface area contributed by atoms with Crippen LogP contribution >= 0.6 is 0 Å². The highest BCUT2D eigenvalue weighted by atomic mass is 16.5. The van der Waals surface area contributed by atoms with Gasteiger partial charge in [0.1, 0.15) is 5.75 Å². The van der Waals surface area contributed by atoms with Crippen molar-refractivity contribution in [3.8, 4) is 5.75 Å². The van der Waals surface area contributed by atoms with Crippen LogP contribution in [0.5, 0.6) is 5.75 Å². The smallest absolute Gasteiger partial charge is 0.338 e. The van der Waals surface area contributed by atoms with E-state index in [-0.39, 0.29) is 11.5 Å². The summed E-state index contributed by atoms with van der Waals surface area (Å²) in [5.41, 5.74) is 1.27. The fraction of sp³-hybridized carbons (Fsp3) is 0.211. The number of esters is 1. The van der Waals surface area contributed by atoms with Gasteiger partial charge in [0, 0.05) is 18.3 Å². The molecule has 7 nitrogen and oxygen atoms in total. The summed E-state index contributed by atoms with van der Waals surface area (Å²) in [7, 11) is 1.55. The molecular weight excluding hydrogens is 336 g/mol. The van der Waals surface area contributed by atoms with E-state index in [1.807, 2.05) is 0 Å². The van der Waals surface area contributed by atoms with Crippen molar-refractivity contribution >= 4 is 29.2 Å². The Bertz CT molecular complexity index is 802. The summed E-state index contributed by atoms with van der Waals surface area (Å²) >= 11 is 0. The van der Waals surface area contributed by atoms with Gasteiger partial charge < -0.3 is 20.1 Å². The van der Waals surface area contributed by atoms with Gasteiger partial charge in [-0.05, 0) is 49.4 Å². The van der Waals surface area contributed by atoms with Crippen molar-refractivity contribution in [1.29, 1.82) is 0 Å². The van der Waals surface area contributed by atoms with Gasteiger partial charge in [-0.25, -0.2) is 4.79 Å². The molecule has 0 radical (unpaired) electrons. The van der Waals surface area contributed by atoms with Crippen molar-refractivity contribution in [2.24, 2.45) is 0 Å². The topological polar surface area (TPSA) is 93.7 Å². The van der Waals surface area contributed by atoms with E-state index in [4.69, 9.17) is 9.47 Å². The minimum absolute atomic E-state index is 0.236. The Labute approximate surface area is 151 Å². The molecule has 2 N–H and O–H groups in total. The third-order valence-corrected chi connectivity index (χ3v) is 3.43. The number of carbonyl (C=O) groups is 3. The summed E-state index contributed by atoms with van der Waals surface area (Å²) in [5, 5.41) is 5.24. The zero-order valence-electron chi connectivity index (χ0n) is 14.7. The lowest BCUT2D eigenvalue weighted by Gasteiger charge is -2.14. The maximum absolute atomic E-state index is 12.2. The lowest BCUT2D eigenvalue weighted by molar-refractivity contribution is -0.123. The van der Waals surface area contributed by atoms with Crippen molar-refractivity contribution in [3.63, 3.8) is 0 Å². The van der Waals surface area contributed by atoms with Crippen LogP contribution in [0.1, 0.15) is 24.2 Å². The first-order chi connectivity index (χ1) is 12.4. The molecule has 2 aromatic carbocycles. The van der Waals surface area contributed by atoms with Crippen LogP contribution in [0, 0.1) is 0 Å². The second-order valence-electron chi connectivity index (χ2n) is 5.53. The Morgan fingerprint density at radius 1 is 0.962 bits per heavy atom. The molecule has 0 aromatic heterocycles. The molecule has 7 heteroatoms. The summed E-state index contributed by atoms with van der Waals surface area (Å²) in [6.45, 7) is 2.85. The number of anilines is 2. The van der Waals surface area contributed by atoms with Crippen LogP contribution in [-0.2, 0) is 14.3 Å². The van der Waals surface area contributed by atoms with Crippen molar-refractivity contribution < 1.29 is 23.9 Å². The van der Waals surface area contributed by atoms with Gasteiger partial charge in [-0.1, -0.05) is 6.07 Å². The van der Waals surface area contributed by atoms with Gasteiger partial charge in [0.2, 0.25) is 5.91 Å². The van der Waals surface area contributed by atoms with Gasteiger partial charge in [-0.3, -0.25) is 9.59 Å². The monoisotopic (exact) mass is 356 g/mol. The van der Waals surface area contributed by atoms with Gasteiger partial charge in [-0.15, -0.1) is 0 Å². The molecule has 0 heterocycles. The zero-order valence-corrected chi connectivity index (χ0v) is 14.7. The van der Waals surface area contributed by atoms with E-state index in [0.29, 0.717) is 17.1 Å². The predicted molar refractivity (Wildman–Crippen MR) is 97.2 cm³/mol. The highest BCUT2D eigenvalue weighted by Gasteiger charge is 2.19. The van der Waals surface area contributed by atoms with E-state index in [1.165, 1.54) is 19.9 Å². The van der Waals surface area contributed by atoms with Gasteiger partial charge in [-0.2, -0.15) is 0 Å². The first kappa shape index (κ1) is 19.0. The van der Waals surface area contributed by atoms with E-state index in [2.05, 4.69) is 10.6 Å². The molecule has 2 amide bonds. The van der Waals surface area contributed by atoms with Crippen molar-refractivity contribution in [2.75, 3.05) is 17.7 Å². The molecule has 2 aromatic rings. The Balaban J connectivity index is 1.97. The van der Waals surface area contributed by atoms with Crippen molar-refractivity contribution in [2.45, 2.75) is 20.0 Å². The molecule has 0 fully saturated rings. The predicted octanol–water partition coefficient (Wildman–Crippen LogP) is 2.84. The van der Waals surface area contributed by atoms with Crippen LogP contribution in [0.15, 0.2) is 48.5 Å². The number of amides is 2. The van der Waals surface area contributed by atoms with Crippen LogP contribution in [0.25, 0.3) is 0 Å². The fourth-order valence-electron chi connectivity index (χ4n) is 2.13. The Morgan fingerprint density at radius 2 is 1.65 bits per heavy atom. The van der Waals surface area contributed by atoms with Crippen LogP contribution in [0.4, 0.5) is 11.4 Å². The summed E-state index contributed by atoms with van der Waals surface area (Å²) in [5.74, 6) is -0.694. The van der Waals surface area contributed by atoms with E-state index >= 15 is 0 Å². The molecule has 0 unspecified atom stereocenters. The van der Waals surface area contributed by atoms with Crippen LogP contribution in [0.3, 0.4) is 0 Å². The van der Waals surface area contributed by atoms with E-state index in [1.54, 1.807) is 49.6 Å². The average Bonchev–Trinajstić information content (AvgIpc) is 2.62. The van der Waals surface area contributed by atoms with E-state index in [9.17, 15) is 14.4 Å². The lowest BCUT2D eigenvalue weighted by Crippen LogP contribution is -2.30. The third kappa shape index (κ3) is 5.34. The Kier molecular flexibility index (Phi) is 6.32. The standard InChI is InChI=1S/C19H20N2O5/c1-12(18(23)21-15-7-9-17(25-3)10-8-15)26-19(24)14-5-4-6-16(11-14)20-13(2)22/h4-12H,1-3H3,(H,20,22)(H,21,23)/t12-/m0/s1. The van der Waals surface area contributed by atoms with Crippen molar-refractivity contribution in [3.05, 3.63) is 54.1 Å². The number of hydrogen-bond donors (Lipinski definition) is 2. The summed E-state index contributed by atoms with van der Waals surface area (Å²) in [4.78, 5) is 35.5. The summed E-state index contributed by atoms with van der Waals surface area (Å²) in [6, 6.07) is 13.1. The van der Waals surface area contributed by atoms with Gasteiger partial charge >= 0.3 is 5.97 Å². The molecule has 0 aliphatic heterocycles. The maximum Gasteiger partial charge on any atom is 0.338 e. The van der Waals surface area contributed by atoms with Crippen LogP contribution in [0.2, 0.25) is 0 Å². The zero-order chi connectivity index (χ0) is 19.1. The molecule has 136 valence electrons. The van der Waals surface area contributed by atoms with E-state index < -0.39 is 18.0 Å². The number of nitrogens with one attached hydrogen (secondary N) is 2. The van der Waals surface area contributed by atoms with Gasteiger partial charge in [0.25, 0.3) is 5.91 Å². The minimum Gasteiger partial charge on any atom is -0.497 e. The first-order valence-corrected chi connectivity index (χ1v) is 7.92. The molecule has 0 bridgehead atoms. The highest BCUT2D eigenvalue weighted by molar-refractivity contribution is 5.98. The number of rotatable bonds is 6. The quantitative estimate of drug-likeness (QED) is 0.776. The second-order valence-corrected chi connectivity index (χ2v) is 5.53. The number of hydrogen-bond acceptors (Lipinski definition) is 5. The number of benzene rings is 2. The molecule has 0 aliphatic carbocycles. The molecular formula is C19H20N2O5. The minimum atomic E-state index is -0.992. The molecule has 0 saturated heterocycles. The fourth-order valence-corrected chi connectivity index (χ4v) is 2.13. The van der Waals surface area contributed by atoms with Gasteiger partial charge in [0.15, 0.2) is 6.10 Å². The average molecular weight is 356 g/mol. The molecule has 0 spiro atoms. The number of ether oxygens (including phenoxy) is 2. The number of carbonyl (C=O) groups excluding carboxylic acids is 3. The molecule has 0 saturated carbocycles. The SMILES string of the molecule is COc1ccc(NC(=O)[C@H](C)OC(=O)c2cccc(NC(C)=O)c2)cc1. The first-order valence-electron chi connectivity index (χ1n) is 7.92. The molecule has 0 aliphatic rings. The Hall–Kier alpha value is -3.35. The Morgan fingerprint density at radius 3 is 2.27 bits per heavy atom. The third-order valence-electron chi connectivity index (χ3n) is 3.43. The number of methoxy groups -OCH3 is 1. The molecule has 1 atom stereocenters. The highest BCUT2D eigenvalue weighted by Crippen LogP contribution is 2.16. The van der Waals surface area contributed by atoms with Gasteiger partial charge in [0.05, 0.1) is 12.7 Å². The molecule has 26 heavy (non-hydrogen) atoms. The van der Waals surface area contributed by atoms with Crippen LogP contribution < -0.4 is 15.4 Å².